The number of piperazine rings is 1. The molecular formula is C23H29ClN6O3. The van der Waals surface area contributed by atoms with Gasteiger partial charge in [0.05, 0.1) is 41.9 Å². The topological polar surface area (TPSA) is 94.1 Å². The van der Waals surface area contributed by atoms with Gasteiger partial charge in [0.2, 0.25) is 5.43 Å². The van der Waals surface area contributed by atoms with Gasteiger partial charge in [-0.15, -0.1) is 0 Å². The van der Waals surface area contributed by atoms with Gasteiger partial charge in [0, 0.05) is 31.9 Å². The van der Waals surface area contributed by atoms with Crippen LogP contribution in [0.25, 0.3) is 0 Å². The van der Waals surface area contributed by atoms with E-state index < -0.39 is 5.60 Å². The summed E-state index contributed by atoms with van der Waals surface area (Å²) in [5.74, 6) is 0. The molecule has 0 bridgehead atoms. The van der Waals surface area contributed by atoms with E-state index >= 15 is 0 Å². The lowest BCUT2D eigenvalue weighted by molar-refractivity contribution is 0.0240. The Labute approximate surface area is 198 Å². The number of nitrogens with zero attached hydrogens (tertiary/aromatic N) is 5. The zero-order valence-corrected chi connectivity index (χ0v) is 20.1. The molecule has 0 unspecified atom stereocenters. The molecule has 1 fully saturated rings. The number of hydrogen-bond donors (Lipinski definition) is 1. The van der Waals surface area contributed by atoms with Crippen molar-refractivity contribution in [1.29, 1.82) is 0 Å². The van der Waals surface area contributed by atoms with Gasteiger partial charge in [-0.25, -0.2) is 9.21 Å². The van der Waals surface area contributed by atoms with Crippen LogP contribution < -0.4 is 10.3 Å². The summed E-state index contributed by atoms with van der Waals surface area (Å²) in [7, 11) is 0. The van der Waals surface area contributed by atoms with E-state index in [1.807, 2.05) is 45.9 Å². The Hall–Kier alpha value is -2.91. The number of H-pyrrole nitrogens is 1. The van der Waals surface area contributed by atoms with E-state index in [0.29, 0.717) is 43.1 Å². The van der Waals surface area contributed by atoms with E-state index in [9.17, 15) is 9.59 Å². The molecule has 1 aromatic heterocycles. The Morgan fingerprint density at radius 2 is 1.91 bits per heavy atom. The van der Waals surface area contributed by atoms with Gasteiger partial charge in [-0.1, -0.05) is 0 Å². The Morgan fingerprint density at radius 3 is 2.58 bits per heavy atom. The SMILES string of the molecule is Cc1cc(N=C2CN(Cl)Cc3[nH]ncc(=O)c32)ccc1N1CCN(C(=O)OC(C)(C)C)CC1. The van der Waals surface area contributed by atoms with Crippen LogP contribution in [0.15, 0.2) is 34.2 Å². The number of nitrogens with one attached hydrogen (secondary N) is 1. The fraction of sp³-hybridized carbons (Fsp3) is 0.478. The molecule has 10 heteroatoms. The molecule has 3 heterocycles. The standard InChI is InChI=1S/C23H29ClN6O3/c1-15-11-16(26-17-13-30(24)14-18-21(17)20(31)12-25-27-18)5-6-19(15)28-7-9-29(10-8-28)22(32)33-23(2,3)4/h5-6,11-12H,7-10,13-14H2,1-4H3,(H,27,31). The number of carbonyl (C=O) groups excluding carboxylic acids is 1. The molecule has 4 rings (SSSR count). The van der Waals surface area contributed by atoms with Crippen LogP contribution in [0.5, 0.6) is 0 Å². The van der Waals surface area contributed by atoms with E-state index in [1.54, 1.807) is 9.32 Å². The number of fused-ring (bicyclic) bond motifs is 1. The van der Waals surface area contributed by atoms with Gasteiger partial charge in [-0.3, -0.25) is 14.9 Å². The van der Waals surface area contributed by atoms with Gasteiger partial charge in [0.25, 0.3) is 0 Å². The molecule has 9 nitrogen and oxygen atoms in total. The van der Waals surface area contributed by atoms with Crippen molar-refractivity contribution in [3.8, 4) is 0 Å². The van der Waals surface area contributed by atoms with Crippen LogP contribution in [-0.2, 0) is 11.3 Å². The number of ether oxygens (including phenoxy) is 1. The van der Waals surface area contributed by atoms with E-state index in [2.05, 4.69) is 15.1 Å². The molecule has 1 saturated heterocycles. The van der Waals surface area contributed by atoms with Crippen LogP contribution in [-0.4, -0.2) is 69.6 Å². The van der Waals surface area contributed by atoms with Crippen molar-refractivity contribution in [2.75, 3.05) is 37.6 Å². The fourth-order valence-electron chi connectivity index (χ4n) is 4.11. The van der Waals surface area contributed by atoms with Crippen LogP contribution in [0.1, 0.15) is 37.6 Å². The number of halogens is 1. The second-order valence-electron chi connectivity index (χ2n) is 9.35. The summed E-state index contributed by atoms with van der Waals surface area (Å²) in [5, 5.41) is 6.73. The normalized spacial score (nSPS) is 18.4. The molecule has 0 saturated carbocycles. The van der Waals surface area contributed by atoms with Crippen LogP contribution in [0, 0.1) is 6.92 Å². The van der Waals surface area contributed by atoms with Gasteiger partial charge in [-0.05, 0) is 63.2 Å². The van der Waals surface area contributed by atoms with E-state index in [4.69, 9.17) is 21.5 Å². The predicted molar refractivity (Wildman–Crippen MR) is 129 cm³/mol. The quantitative estimate of drug-likeness (QED) is 0.674. The van der Waals surface area contributed by atoms with Crippen molar-refractivity contribution < 1.29 is 9.53 Å². The Balaban J connectivity index is 1.49. The summed E-state index contributed by atoms with van der Waals surface area (Å²) < 4.78 is 7.06. The molecule has 0 radical (unpaired) electrons. The molecule has 176 valence electrons. The summed E-state index contributed by atoms with van der Waals surface area (Å²) >= 11 is 6.24. The van der Waals surface area contributed by atoms with Gasteiger partial charge in [0.15, 0.2) is 0 Å². The van der Waals surface area contributed by atoms with Gasteiger partial charge >= 0.3 is 6.09 Å². The Bertz CT molecular complexity index is 1130. The Kier molecular flexibility index (Phi) is 6.45. The van der Waals surface area contributed by atoms with Crippen molar-refractivity contribution in [1.82, 2.24) is 19.5 Å². The molecule has 1 amide bonds. The first kappa shape index (κ1) is 23.3. The highest BCUT2D eigenvalue weighted by atomic mass is 35.5. The second-order valence-corrected chi connectivity index (χ2v) is 9.83. The number of anilines is 1. The number of carbonyl (C=O) groups is 1. The van der Waals surface area contributed by atoms with Gasteiger partial charge in [-0.2, -0.15) is 5.10 Å². The maximum atomic E-state index is 12.4. The highest BCUT2D eigenvalue weighted by Gasteiger charge is 2.27. The minimum absolute atomic E-state index is 0.163. The Morgan fingerprint density at radius 1 is 1.18 bits per heavy atom. The van der Waals surface area contributed by atoms with Crippen molar-refractivity contribution >= 4 is 35.0 Å². The first-order chi connectivity index (χ1) is 15.6. The van der Waals surface area contributed by atoms with Crippen LogP contribution in [0.4, 0.5) is 16.2 Å². The van der Waals surface area contributed by atoms with Crippen molar-refractivity contribution in [3.63, 3.8) is 0 Å². The molecule has 1 aromatic carbocycles. The minimum Gasteiger partial charge on any atom is -0.444 e. The summed E-state index contributed by atoms with van der Waals surface area (Å²) in [6.07, 6.45) is 1.00. The number of benzene rings is 1. The summed E-state index contributed by atoms with van der Waals surface area (Å²) in [6, 6.07) is 5.99. The molecular weight excluding hydrogens is 444 g/mol. The highest BCUT2D eigenvalue weighted by molar-refractivity contribution is 6.17. The molecule has 2 aromatic rings. The maximum Gasteiger partial charge on any atom is 0.410 e. The van der Waals surface area contributed by atoms with Crippen molar-refractivity contribution in [3.05, 3.63) is 51.4 Å². The molecule has 0 atom stereocenters. The number of amides is 1. The van der Waals surface area contributed by atoms with Gasteiger partial charge < -0.3 is 14.5 Å². The number of aliphatic imine (C=N–C) groups is 1. The van der Waals surface area contributed by atoms with E-state index in [-0.39, 0.29) is 11.5 Å². The smallest absolute Gasteiger partial charge is 0.410 e. The van der Waals surface area contributed by atoms with E-state index in [1.165, 1.54) is 6.20 Å². The summed E-state index contributed by atoms with van der Waals surface area (Å²) in [5.41, 5.74) is 4.10. The maximum absolute atomic E-state index is 12.4. The number of aryl methyl sites for hydroxylation is 1. The molecule has 0 aliphatic carbocycles. The summed E-state index contributed by atoms with van der Waals surface area (Å²) in [6.45, 7) is 11.1. The fourth-order valence-corrected chi connectivity index (χ4v) is 4.34. The van der Waals surface area contributed by atoms with Crippen molar-refractivity contribution in [2.45, 2.75) is 39.8 Å². The van der Waals surface area contributed by atoms with Crippen LogP contribution in [0.2, 0.25) is 0 Å². The number of rotatable bonds is 2. The third-order valence-electron chi connectivity index (χ3n) is 5.59. The molecule has 0 spiro atoms. The lowest BCUT2D eigenvalue weighted by Crippen LogP contribution is -2.50. The zero-order valence-electron chi connectivity index (χ0n) is 19.4. The first-order valence-corrected chi connectivity index (χ1v) is 11.3. The molecule has 1 N–H and O–H groups in total. The number of aromatic nitrogens is 2. The molecule has 2 aliphatic rings. The van der Waals surface area contributed by atoms with Gasteiger partial charge in [0.1, 0.15) is 5.60 Å². The first-order valence-electron chi connectivity index (χ1n) is 11.0. The lowest BCUT2D eigenvalue weighted by atomic mass is 10.0. The highest BCUT2D eigenvalue weighted by Crippen LogP contribution is 2.28. The predicted octanol–water partition coefficient (Wildman–Crippen LogP) is 3.23. The third kappa shape index (κ3) is 5.36. The third-order valence-corrected chi connectivity index (χ3v) is 5.82. The zero-order chi connectivity index (χ0) is 23.8. The monoisotopic (exact) mass is 472 g/mol. The van der Waals surface area contributed by atoms with Crippen LogP contribution >= 0.6 is 11.8 Å². The summed E-state index contributed by atoms with van der Waals surface area (Å²) in [4.78, 5) is 33.5. The number of hydrogen-bond acceptors (Lipinski definition) is 7. The molecule has 33 heavy (non-hydrogen) atoms. The van der Waals surface area contributed by atoms with Crippen molar-refractivity contribution in [2.24, 2.45) is 4.99 Å². The average Bonchev–Trinajstić information content (AvgIpc) is 2.72. The molecule has 2 aliphatic heterocycles. The number of aromatic amines is 1. The second kappa shape index (κ2) is 9.15. The average molecular weight is 473 g/mol. The van der Waals surface area contributed by atoms with Crippen LogP contribution in [0.3, 0.4) is 0 Å². The van der Waals surface area contributed by atoms with E-state index in [0.717, 1.165) is 30.0 Å². The largest absolute Gasteiger partial charge is 0.444 e. The minimum atomic E-state index is -0.497. The lowest BCUT2D eigenvalue weighted by Gasteiger charge is -2.37.